The van der Waals surface area contributed by atoms with E-state index in [-0.39, 0.29) is 0 Å². The standard InChI is InChI=1S/C22H23BrN2O/c23-16-7-8-19-18(13-16)21(20(26)9-12-24-10-3-4-11-24)22-17-6-2-1-5-15(17)14-25(19)22/h1-2,5-8,13,20,26H,3-4,9-12,14H2. The van der Waals surface area contributed by atoms with Crippen molar-refractivity contribution >= 4 is 26.8 Å². The van der Waals surface area contributed by atoms with Gasteiger partial charge < -0.3 is 14.6 Å². The molecule has 26 heavy (non-hydrogen) atoms. The van der Waals surface area contributed by atoms with Crippen molar-refractivity contribution in [2.24, 2.45) is 0 Å². The van der Waals surface area contributed by atoms with Crippen LogP contribution >= 0.6 is 15.9 Å². The van der Waals surface area contributed by atoms with E-state index in [1.165, 1.54) is 53.7 Å². The third-order valence-corrected chi connectivity index (χ3v) is 6.41. The Bertz CT molecular complexity index is 972. The molecule has 1 N–H and O–H groups in total. The van der Waals surface area contributed by atoms with Crippen molar-refractivity contribution in [2.75, 3.05) is 19.6 Å². The SMILES string of the molecule is OC(CCN1CCCC1)c1c2n(c3ccc(Br)cc13)Cc1ccccc1-2. The maximum Gasteiger partial charge on any atom is 0.0829 e. The van der Waals surface area contributed by atoms with Gasteiger partial charge in [-0.25, -0.2) is 0 Å². The number of aliphatic hydroxyl groups excluding tert-OH is 1. The Balaban J connectivity index is 1.60. The Labute approximate surface area is 162 Å². The second kappa shape index (κ2) is 6.52. The molecular formula is C22H23BrN2O. The van der Waals surface area contributed by atoms with Crippen LogP contribution < -0.4 is 0 Å². The van der Waals surface area contributed by atoms with Crippen molar-refractivity contribution in [2.45, 2.75) is 31.9 Å². The molecule has 2 aliphatic heterocycles. The minimum atomic E-state index is -0.435. The highest BCUT2D eigenvalue weighted by Gasteiger charge is 2.29. The highest BCUT2D eigenvalue weighted by molar-refractivity contribution is 9.10. The summed E-state index contributed by atoms with van der Waals surface area (Å²) in [6.45, 7) is 4.22. The van der Waals surface area contributed by atoms with Crippen LogP contribution in [0.1, 0.15) is 36.5 Å². The fourth-order valence-corrected chi connectivity index (χ4v) is 5.02. The van der Waals surface area contributed by atoms with E-state index in [1.807, 2.05) is 0 Å². The van der Waals surface area contributed by atoms with Gasteiger partial charge in [-0.05, 0) is 56.1 Å². The molecule has 3 heterocycles. The predicted octanol–water partition coefficient (Wildman–Crippen LogP) is 4.95. The maximum absolute atomic E-state index is 11.2. The molecule has 1 unspecified atom stereocenters. The molecule has 1 saturated heterocycles. The van der Waals surface area contributed by atoms with Crippen LogP contribution in [0.5, 0.6) is 0 Å². The van der Waals surface area contributed by atoms with Gasteiger partial charge in [0, 0.05) is 39.6 Å². The Kier molecular flexibility index (Phi) is 4.15. The molecule has 3 aromatic rings. The molecule has 0 bridgehead atoms. The minimum absolute atomic E-state index is 0.435. The zero-order chi connectivity index (χ0) is 17.7. The summed E-state index contributed by atoms with van der Waals surface area (Å²) in [5, 5.41) is 12.4. The summed E-state index contributed by atoms with van der Waals surface area (Å²) in [4.78, 5) is 2.48. The first kappa shape index (κ1) is 16.5. The molecule has 4 heteroatoms. The molecule has 0 spiro atoms. The zero-order valence-electron chi connectivity index (χ0n) is 14.8. The Morgan fingerprint density at radius 2 is 1.88 bits per heavy atom. The summed E-state index contributed by atoms with van der Waals surface area (Å²) in [5.41, 5.74) is 6.15. The number of hydrogen-bond acceptors (Lipinski definition) is 2. The van der Waals surface area contributed by atoms with E-state index in [0.717, 1.165) is 29.5 Å². The van der Waals surface area contributed by atoms with E-state index in [0.29, 0.717) is 0 Å². The van der Waals surface area contributed by atoms with Crippen LogP contribution in [0.15, 0.2) is 46.9 Å². The van der Waals surface area contributed by atoms with Crippen LogP contribution in [0.3, 0.4) is 0 Å². The number of hydrogen-bond donors (Lipinski definition) is 1. The molecule has 1 fully saturated rings. The van der Waals surface area contributed by atoms with Crippen LogP contribution in [0.25, 0.3) is 22.2 Å². The lowest BCUT2D eigenvalue weighted by Crippen LogP contribution is -2.22. The molecular weight excluding hydrogens is 388 g/mol. The largest absolute Gasteiger partial charge is 0.388 e. The lowest BCUT2D eigenvalue weighted by molar-refractivity contribution is 0.150. The van der Waals surface area contributed by atoms with E-state index < -0.39 is 6.10 Å². The number of nitrogens with zero attached hydrogens (tertiary/aromatic N) is 2. The third-order valence-electron chi connectivity index (χ3n) is 5.92. The first-order valence-electron chi connectivity index (χ1n) is 9.53. The van der Waals surface area contributed by atoms with Gasteiger partial charge >= 0.3 is 0 Å². The third kappa shape index (κ3) is 2.63. The zero-order valence-corrected chi connectivity index (χ0v) is 16.4. The topological polar surface area (TPSA) is 28.4 Å². The van der Waals surface area contributed by atoms with Gasteiger partial charge in [-0.1, -0.05) is 40.2 Å². The van der Waals surface area contributed by atoms with Gasteiger partial charge in [-0.2, -0.15) is 0 Å². The molecule has 0 saturated carbocycles. The second-order valence-electron chi connectivity index (χ2n) is 7.52. The van der Waals surface area contributed by atoms with Gasteiger partial charge in [0.2, 0.25) is 0 Å². The lowest BCUT2D eigenvalue weighted by Gasteiger charge is -2.18. The summed E-state index contributed by atoms with van der Waals surface area (Å²) in [7, 11) is 0. The normalized spacial score (nSPS) is 17.6. The first-order chi connectivity index (χ1) is 12.7. The molecule has 1 aromatic heterocycles. The van der Waals surface area contributed by atoms with Crippen molar-refractivity contribution in [3.05, 3.63) is 58.1 Å². The van der Waals surface area contributed by atoms with Gasteiger partial charge in [0.25, 0.3) is 0 Å². The number of aromatic nitrogens is 1. The monoisotopic (exact) mass is 410 g/mol. The van der Waals surface area contributed by atoms with E-state index in [1.54, 1.807) is 0 Å². The van der Waals surface area contributed by atoms with E-state index >= 15 is 0 Å². The molecule has 1 atom stereocenters. The fourth-order valence-electron chi connectivity index (χ4n) is 4.66. The van der Waals surface area contributed by atoms with Crippen LogP contribution in [-0.4, -0.2) is 34.2 Å². The molecule has 2 aromatic carbocycles. The molecule has 2 aliphatic rings. The number of rotatable bonds is 4. The Morgan fingerprint density at radius 3 is 2.73 bits per heavy atom. The maximum atomic E-state index is 11.2. The van der Waals surface area contributed by atoms with E-state index in [2.05, 4.69) is 67.9 Å². The molecule has 3 nitrogen and oxygen atoms in total. The van der Waals surface area contributed by atoms with Crippen molar-refractivity contribution in [3.8, 4) is 11.3 Å². The first-order valence-corrected chi connectivity index (χ1v) is 10.3. The summed E-state index contributed by atoms with van der Waals surface area (Å²) in [5.74, 6) is 0. The van der Waals surface area contributed by atoms with Crippen molar-refractivity contribution in [1.82, 2.24) is 9.47 Å². The summed E-state index contributed by atoms with van der Waals surface area (Å²) in [6, 6.07) is 15.0. The van der Waals surface area contributed by atoms with E-state index in [9.17, 15) is 5.11 Å². The van der Waals surface area contributed by atoms with Crippen molar-refractivity contribution < 1.29 is 5.11 Å². The minimum Gasteiger partial charge on any atom is -0.388 e. The van der Waals surface area contributed by atoms with E-state index in [4.69, 9.17) is 0 Å². The molecule has 0 aliphatic carbocycles. The van der Waals surface area contributed by atoms with Gasteiger partial charge in [0.15, 0.2) is 0 Å². The van der Waals surface area contributed by atoms with Gasteiger partial charge in [0.1, 0.15) is 0 Å². The van der Waals surface area contributed by atoms with Gasteiger partial charge in [0.05, 0.1) is 11.8 Å². The highest BCUT2D eigenvalue weighted by atomic mass is 79.9. The summed E-state index contributed by atoms with van der Waals surface area (Å²) < 4.78 is 3.44. The predicted molar refractivity (Wildman–Crippen MR) is 109 cm³/mol. The highest BCUT2D eigenvalue weighted by Crippen LogP contribution is 2.44. The number of halogens is 1. The molecule has 0 amide bonds. The fraction of sp³-hybridized carbons (Fsp3) is 0.364. The number of fused-ring (bicyclic) bond motifs is 5. The molecule has 5 rings (SSSR count). The van der Waals surface area contributed by atoms with Crippen LogP contribution in [0, 0.1) is 0 Å². The van der Waals surface area contributed by atoms with Crippen LogP contribution in [0.2, 0.25) is 0 Å². The average Bonchev–Trinajstić information content (AvgIpc) is 3.34. The number of aliphatic hydroxyl groups is 1. The smallest absolute Gasteiger partial charge is 0.0829 e. The Morgan fingerprint density at radius 1 is 1.08 bits per heavy atom. The van der Waals surface area contributed by atoms with Gasteiger partial charge in [-0.3, -0.25) is 0 Å². The summed E-state index contributed by atoms with van der Waals surface area (Å²) in [6.07, 6.45) is 2.94. The quantitative estimate of drug-likeness (QED) is 0.515. The van der Waals surface area contributed by atoms with Gasteiger partial charge in [-0.15, -0.1) is 0 Å². The van der Waals surface area contributed by atoms with Crippen LogP contribution in [0.4, 0.5) is 0 Å². The Hall–Kier alpha value is -1.62. The second-order valence-corrected chi connectivity index (χ2v) is 8.44. The average molecular weight is 411 g/mol. The van der Waals surface area contributed by atoms with Crippen LogP contribution in [-0.2, 0) is 6.54 Å². The van der Waals surface area contributed by atoms with Crippen molar-refractivity contribution in [3.63, 3.8) is 0 Å². The molecule has 0 radical (unpaired) electrons. The lowest BCUT2D eigenvalue weighted by atomic mass is 9.97. The van der Waals surface area contributed by atoms with Crippen molar-refractivity contribution in [1.29, 1.82) is 0 Å². The summed E-state index contributed by atoms with van der Waals surface area (Å²) >= 11 is 3.61. The number of benzene rings is 2. The molecule has 134 valence electrons. The number of likely N-dealkylation sites (tertiary alicyclic amines) is 1.